The Morgan fingerprint density at radius 2 is 1.82 bits per heavy atom. The molecule has 144 valence electrons. The summed E-state index contributed by atoms with van der Waals surface area (Å²) >= 11 is 0. The molecule has 1 saturated heterocycles. The van der Waals surface area contributed by atoms with Crippen LogP contribution < -0.4 is 0 Å². The van der Waals surface area contributed by atoms with E-state index in [9.17, 15) is 4.39 Å². The van der Waals surface area contributed by atoms with Crippen LogP contribution in [0.2, 0.25) is 19.6 Å². The van der Waals surface area contributed by atoms with E-state index in [1.54, 1.807) is 6.07 Å². The fraction of sp³-hybridized carbons (Fsp3) is 0.333. The molecule has 2 aliphatic rings. The lowest BCUT2D eigenvalue weighted by molar-refractivity contribution is -0.183. The smallest absolute Gasteiger partial charge is 0.183 e. The van der Waals surface area contributed by atoms with Crippen molar-refractivity contribution < 1.29 is 13.9 Å². The quantitative estimate of drug-likeness (QED) is 0.490. The maximum atomic E-state index is 14.8. The highest BCUT2D eigenvalue weighted by atomic mass is 28.3. The number of fused-ring (bicyclic) bond motifs is 1. The first-order valence-corrected chi connectivity index (χ1v) is 13.3. The van der Waals surface area contributed by atoms with Gasteiger partial charge in [0.05, 0.1) is 13.2 Å². The van der Waals surface area contributed by atoms with Crippen molar-refractivity contribution >= 4 is 19.7 Å². The van der Waals surface area contributed by atoms with Crippen LogP contribution in [0.3, 0.4) is 0 Å². The van der Waals surface area contributed by atoms with Gasteiger partial charge in [0, 0.05) is 16.7 Å². The van der Waals surface area contributed by atoms with E-state index in [4.69, 9.17) is 9.47 Å². The van der Waals surface area contributed by atoms with Crippen LogP contribution in [-0.4, -0.2) is 21.3 Å². The highest BCUT2D eigenvalue weighted by Crippen LogP contribution is 2.34. The highest BCUT2D eigenvalue weighted by molar-refractivity contribution is 6.83. The highest BCUT2D eigenvalue weighted by Gasteiger charge is 2.21. The molecule has 0 unspecified atom stereocenters. The molecule has 0 spiro atoms. The lowest BCUT2D eigenvalue weighted by Crippen LogP contribution is -2.17. The van der Waals surface area contributed by atoms with Gasteiger partial charge in [0.2, 0.25) is 0 Å². The van der Waals surface area contributed by atoms with Crippen LogP contribution in [-0.2, 0) is 15.9 Å². The summed E-state index contributed by atoms with van der Waals surface area (Å²) in [4.78, 5) is 0. The topological polar surface area (TPSA) is 18.5 Å². The third-order valence-corrected chi connectivity index (χ3v) is 5.75. The lowest BCUT2D eigenvalue weighted by Gasteiger charge is -2.23. The molecule has 0 N–H and O–H groups in total. The Labute approximate surface area is 167 Å². The van der Waals surface area contributed by atoms with Gasteiger partial charge in [0.1, 0.15) is 13.9 Å². The Morgan fingerprint density at radius 3 is 2.54 bits per heavy atom. The fourth-order valence-electron chi connectivity index (χ4n) is 3.47. The molecule has 4 heteroatoms. The van der Waals surface area contributed by atoms with Crippen LogP contribution in [0.4, 0.5) is 4.39 Å². The first-order valence-electron chi connectivity index (χ1n) is 9.79. The molecule has 0 atom stereocenters. The van der Waals surface area contributed by atoms with E-state index in [2.05, 4.69) is 55.4 Å². The van der Waals surface area contributed by atoms with Gasteiger partial charge in [-0.15, -0.1) is 5.54 Å². The van der Waals surface area contributed by atoms with Crippen molar-refractivity contribution in [1.29, 1.82) is 0 Å². The van der Waals surface area contributed by atoms with Crippen LogP contribution >= 0.6 is 0 Å². The van der Waals surface area contributed by atoms with Gasteiger partial charge in [-0.25, -0.2) is 4.39 Å². The summed E-state index contributed by atoms with van der Waals surface area (Å²) in [5.74, 6) is 3.08. The number of halogens is 1. The first kappa shape index (κ1) is 19.1. The Kier molecular flexibility index (Phi) is 5.24. The lowest BCUT2D eigenvalue weighted by atomic mass is 10.0. The average molecular weight is 393 g/mol. The van der Waals surface area contributed by atoms with E-state index in [-0.39, 0.29) is 5.82 Å². The third-order valence-electron chi connectivity index (χ3n) is 4.87. The summed E-state index contributed by atoms with van der Waals surface area (Å²) in [5, 5.41) is 0. The standard InChI is InChI=1S/C24H25FO2Si/c1-28(2,3)12-9-17-5-6-18-14-21(15-20(18)13-17)22-8-7-19(16-23(22)25)24-26-10-4-11-27-24/h5-8,13-14,16,24H,4,10-11,15H2,1-3H3. The summed E-state index contributed by atoms with van der Waals surface area (Å²) < 4.78 is 26.0. The second-order valence-corrected chi connectivity index (χ2v) is 13.2. The van der Waals surface area contributed by atoms with Crippen LogP contribution in [0.15, 0.2) is 36.4 Å². The maximum Gasteiger partial charge on any atom is 0.183 e. The average Bonchev–Trinajstić information content (AvgIpc) is 3.09. The minimum absolute atomic E-state index is 0.229. The van der Waals surface area contributed by atoms with Gasteiger partial charge >= 0.3 is 0 Å². The van der Waals surface area contributed by atoms with Crippen molar-refractivity contribution in [3.05, 3.63) is 70.0 Å². The maximum absolute atomic E-state index is 14.8. The monoisotopic (exact) mass is 392 g/mol. The van der Waals surface area contributed by atoms with Gasteiger partial charge in [-0.1, -0.05) is 49.8 Å². The third kappa shape index (κ3) is 4.28. The summed E-state index contributed by atoms with van der Waals surface area (Å²) in [5.41, 5.74) is 9.18. The molecule has 2 nitrogen and oxygen atoms in total. The van der Waals surface area contributed by atoms with Gasteiger partial charge in [-0.05, 0) is 47.7 Å². The number of allylic oxidation sites excluding steroid dienone is 1. The molecular formula is C24H25FO2Si. The Bertz CT molecular complexity index is 986. The van der Waals surface area contributed by atoms with Crippen molar-refractivity contribution in [2.45, 2.75) is 38.8 Å². The second-order valence-electron chi connectivity index (χ2n) is 8.43. The van der Waals surface area contributed by atoms with Gasteiger partial charge in [0.15, 0.2) is 6.29 Å². The van der Waals surface area contributed by atoms with E-state index in [1.165, 1.54) is 5.56 Å². The van der Waals surface area contributed by atoms with Gasteiger partial charge < -0.3 is 9.47 Å². The molecule has 1 aliphatic heterocycles. The number of hydrogen-bond donors (Lipinski definition) is 0. The molecule has 1 aliphatic carbocycles. The van der Waals surface area contributed by atoms with E-state index in [0.29, 0.717) is 18.8 Å². The molecule has 1 heterocycles. The van der Waals surface area contributed by atoms with Crippen molar-refractivity contribution in [1.82, 2.24) is 0 Å². The van der Waals surface area contributed by atoms with E-state index in [1.807, 2.05) is 12.1 Å². The van der Waals surface area contributed by atoms with E-state index >= 15 is 0 Å². The van der Waals surface area contributed by atoms with Crippen LogP contribution in [0, 0.1) is 17.3 Å². The summed E-state index contributed by atoms with van der Waals surface area (Å²) in [6, 6.07) is 11.6. The first-order chi connectivity index (χ1) is 13.4. The molecule has 4 rings (SSSR count). The Hall–Kier alpha value is -2.19. The molecule has 0 amide bonds. The molecule has 2 aromatic carbocycles. The molecule has 0 aromatic heterocycles. The molecule has 0 saturated carbocycles. The van der Waals surface area contributed by atoms with Crippen LogP contribution in [0.1, 0.15) is 40.5 Å². The SMILES string of the molecule is C[Si](C)(C)C#Cc1ccc2c(c1)CC(c1ccc(C3OCCCO3)cc1F)=C2. The van der Waals surface area contributed by atoms with E-state index in [0.717, 1.165) is 35.1 Å². The summed E-state index contributed by atoms with van der Waals surface area (Å²) in [6.07, 6.45) is 3.23. The fourth-order valence-corrected chi connectivity index (χ4v) is 3.99. The van der Waals surface area contributed by atoms with Crippen molar-refractivity contribution in [2.24, 2.45) is 0 Å². The van der Waals surface area contributed by atoms with Crippen LogP contribution in [0.5, 0.6) is 0 Å². The van der Waals surface area contributed by atoms with Crippen molar-refractivity contribution in [3.63, 3.8) is 0 Å². The molecule has 28 heavy (non-hydrogen) atoms. The molecule has 2 aromatic rings. The number of ether oxygens (including phenoxy) is 2. The minimum Gasteiger partial charge on any atom is -0.348 e. The van der Waals surface area contributed by atoms with Gasteiger partial charge in [-0.2, -0.15) is 0 Å². The number of hydrogen-bond acceptors (Lipinski definition) is 2. The normalized spacial score (nSPS) is 16.9. The number of rotatable bonds is 2. The predicted molar refractivity (Wildman–Crippen MR) is 114 cm³/mol. The second kappa shape index (κ2) is 7.67. The van der Waals surface area contributed by atoms with Gasteiger partial charge in [-0.3, -0.25) is 0 Å². The zero-order valence-electron chi connectivity index (χ0n) is 16.6. The largest absolute Gasteiger partial charge is 0.348 e. The minimum atomic E-state index is -1.40. The van der Waals surface area contributed by atoms with Gasteiger partial charge in [0.25, 0.3) is 0 Å². The summed E-state index contributed by atoms with van der Waals surface area (Å²) in [7, 11) is -1.40. The molecule has 1 fully saturated rings. The predicted octanol–water partition coefficient (Wildman–Crippen LogP) is 5.59. The van der Waals surface area contributed by atoms with Crippen molar-refractivity contribution in [3.8, 4) is 11.5 Å². The zero-order valence-corrected chi connectivity index (χ0v) is 17.6. The summed E-state index contributed by atoms with van der Waals surface area (Å²) in [6.45, 7) is 8.02. The Morgan fingerprint density at radius 1 is 1.04 bits per heavy atom. The number of benzene rings is 2. The molecule has 0 radical (unpaired) electrons. The molecule has 0 bridgehead atoms. The zero-order chi connectivity index (χ0) is 19.7. The van der Waals surface area contributed by atoms with Crippen molar-refractivity contribution in [2.75, 3.05) is 13.2 Å². The van der Waals surface area contributed by atoms with E-state index < -0.39 is 14.4 Å². The van der Waals surface area contributed by atoms with Crippen LogP contribution in [0.25, 0.3) is 11.6 Å². The molecular weight excluding hydrogens is 367 g/mol. The Balaban J connectivity index is 1.54.